The van der Waals surface area contributed by atoms with Crippen LogP contribution in [0, 0.1) is 6.92 Å². The van der Waals surface area contributed by atoms with Crippen molar-refractivity contribution in [1.82, 2.24) is 5.32 Å². The smallest absolute Gasteiger partial charge is 0.407 e. The number of alkyl carbamates (subject to hydrolysis) is 1. The summed E-state index contributed by atoms with van der Waals surface area (Å²) in [4.78, 5) is 23.5. The average molecular weight is 403 g/mol. The summed E-state index contributed by atoms with van der Waals surface area (Å²) in [5.74, 6) is -0.338. The third-order valence-electron chi connectivity index (χ3n) is 4.81. The van der Waals surface area contributed by atoms with E-state index in [-0.39, 0.29) is 12.6 Å². The Bertz CT molecular complexity index is 997. The molecule has 5 nitrogen and oxygen atoms in total. The molecule has 0 unspecified atom stereocenters. The molecule has 0 spiro atoms. The fraction of sp³-hybridized carbons (Fsp3) is 0.200. The third-order valence-corrected chi connectivity index (χ3v) is 4.81. The van der Waals surface area contributed by atoms with Crippen molar-refractivity contribution < 1.29 is 19.1 Å². The van der Waals surface area contributed by atoms with Gasteiger partial charge in [-0.15, -0.1) is 0 Å². The number of hydrogen-bond acceptors (Lipinski definition) is 4. The summed E-state index contributed by atoms with van der Waals surface area (Å²) >= 11 is 0. The van der Waals surface area contributed by atoms with Crippen molar-refractivity contribution in [3.05, 3.63) is 95.1 Å². The third kappa shape index (κ3) is 5.70. The van der Waals surface area contributed by atoms with E-state index in [1.54, 1.807) is 6.07 Å². The lowest BCUT2D eigenvalue weighted by atomic mass is 9.97. The van der Waals surface area contributed by atoms with E-state index in [1.807, 2.05) is 73.7 Å². The van der Waals surface area contributed by atoms with Gasteiger partial charge in [0.25, 0.3) is 0 Å². The molecule has 0 saturated heterocycles. The molecular formula is C25H25NO4. The van der Waals surface area contributed by atoms with Crippen molar-refractivity contribution in [2.24, 2.45) is 0 Å². The number of esters is 1. The first-order chi connectivity index (χ1) is 14.6. The van der Waals surface area contributed by atoms with Crippen LogP contribution in [0.4, 0.5) is 4.79 Å². The standard InChI is InChI=1S/C25H25NO4/c1-18-16-22(24(27)29-2)12-13-23(18)21-10-8-19(9-11-21)14-15-26-25(28)30-17-20-6-4-3-5-7-20/h3-13,16H,14-15,17H2,1-2H3,(H,26,28). The molecule has 154 valence electrons. The normalized spacial score (nSPS) is 10.3. The Morgan fingerprint density at radius 1 is 0.900 bits per heavy atom. The van der Waals surface area contributed by atoms with Gasteiger partial charge in [-0.1, -0.05) is 60.7 Å². The average Bonchev–Trinajstić information content (AvgIpc) is 2.78. The lowest BCUT2D eigenvalue weighted by Gasteiger charge is -2.10. The Labute approximate surface area is 176 Å². The van der Waals surface area contributed by atoms with Gasteiger partial charge in [-0.2, -0.15) is 0 Å². The number of carbonyl (C=O) groups is 2. The van der Waals surface area contributed by atoms with E-state index in [2.05, 4.69) is 5.32 Å². The predicted molar refractivity (Wildman–Crippen MR) is 116 cm³/mol. The highest BCUT2D eigenvalue weighted by Crippen LogP contribution is 2.25. The maximum Gasteiger partial charge on any atom is 0.407 e. The van der Waals surface area contributed by atoms with Crippen LogP contribution in [0.15, 0.2) is 72.8 Å². The maximum absolute atomic E-state index is 11.8. The van der Waals surface area contributed by atoms with Gasteiger partial charge < -0.3 is 14.8 Å². The fourth-order valence-corrected chi connectivity index (χ4v) is 3.17. The molecule has 0 aliphatic rings. The van der Waals surface area contributed by atoms with Crippen LogP contribution in [0.3, 0.4) is 0 Å². The second-order valence-electron chi connectivity index (χ2n) is 6.96. The molecule has 0 aliphatic carbocycles. The van der Waals surface area contributed by atoms with Gasteiger partial charge in [0.05, 0.1) is 12.7 Å². The molecule has 0 bridgehead atoms. The van der Waals surface area contributed by atoms with Crippen molar-refractivity contribution in [3.63, 3.8) is 0 Å². The molecule has 0 heterocycles. The number of nitrogens with one attached hydrogen (secondary N) is 1. The van der Waals surface area contributed by atoms with E-state index in [9.17, 15) is 9.59 Å². The van der Waals surface area contributed by atoms with Crippen molar-refractivity contribution in [2.75, 3.05) is 13.7 Å². The highest BCUT2D eigenvalue weighted by Gasteiger charge is 2.09. The molecule has 3 rings (SSSR count). The predicted octanol–water partition coefficient (Wildman–Crippen LogP) is 4.92. The number of methoxy groups -OCH3 is 1. The molecule has 3 aromatic carbocycles. The van der Waals surface area contributed by atoms with Crippen LogP contribution >= 0.6 is 0 Å². The summed E-state index contributed by atoms with van der Waals surface area (Å²) in [7, 11) is 1.38. The second kappa shape index (κ2) is 10.3. The van der Waals surface area contributed by atoms with E-state index in [4.69, 9.17) is 9.47 Å². The van der Waals surface area contributed by atoms with Gasteiger partial charge in [0, 0.05) is 6.54 Å². The SMILES string of the molecule is COC(=O)c1ccc(-c2ccc(CCNC(=O)OCc3ccccc3)cc2)c(C)c1. The lowest BCUT2D eigenvalue weighted by molar-refractivity contribution is 0.0600. The Hall–Kier alpha value is -3.60. The van der Waals surface area contributed by atoms with Gasteiger partial charge >= 0.3 is 12.1 Å². The first-order valence-corrected chi connectivity index (χ1v) is 9.79. The molecule has 0 radical (unpaired) electrons. The monoisotopic (exact) mass is 403 g/mol. The maximum atomic E-state index is 11.8. The molecular weight excluding hydrogens is 378 g/mol. The van der Waals surface area contributed by atoms with Crippen molar-refractivity contribution in [2.45, 2.75) is 20.0 Å². The van der Waals surface area contributed by atoms with E-state index in [0.29, 0.717) is 18.5 Å². The van der Waals surface area contributed by atoms with E-state index < -0.39 is 6.09 Å². The summed E-state index contributed by atoms with van der Waals surface area (Å²) in [5, 5.41) is 2.77. The zero-order chi connectivity index (χ0) is 21.3. The number of ether oxygens (including phenoxy) is 2. The number of amides is 1. The van der Waals surface area contributed by atoms with Crippen LogP contribution < -0.4 is 5.32 Å². The molecule has 0 aliphatic heterocycles. The quantitative estimate of drug-likeness (QED) is 0.569. The summed E-state index contributed by atoms with van der Waals surface area (Å²) in [6, 6.07) is 23.3. The summed E-state index contributed by atoms with van der Waals surface area (Å²) in [5.41, 5.74) is 5.76. The van der Waals surface area contributed by atoms with Gasteiger partial charge in [-0.25, -0.2) is 9.59 Å². The van der Waals surface area contributed by atoms with Gasteiger partial charge in [0.1, 0.15) is 6.61 Å². The molecule has 1 N–H and O–H groups in total. The molecule has 1 amide bonds. The Balaban J connectivity index is 1.50. The van der Waals surface area contributed by atoms with Crippen LogP contribution in [0.1, 0.15) is 27.0 Å². The van der Waals surface area contributed by atoms with Crippen molar-refractivity contribution in [1.29, 1.82) is 0 Å². The van der Waals surface area contributed by atoms with Crippen LogP contribution in [0.5, 0.6) is 0 Å². The summed E-state index contributed by atoms with van der Waals surface area (Å²) in [6.45, 7) is 2.73. The number of rotatable bonds is 7. The number of aryl methyl sites for hydroxylation is 1. The Morgan fingerprint density at radius 2 is 1.63 bits per heavy atom. The van der Waals surface area contributed by atoms with Crippen LogP contribution in [0.25, 0.3) is 11.1 Å². The Kier molecular flexibility index (Phi) is 7.22. The number of benzene rings is 3. The first-order valence-electron chi connectivity index (χ1n) is 9.79. The summed E-state index contributed by atoms with van der Waals surface area (Å²) in [6.07, 6.45) is 0.290. The van der Waals surface area contributed by atoms with E-state index in [1.165, 1.54) is 7.11 Å². The summed E-state index contributed by atoms with van der Waals surface area (Å²) < 4.78 is 9.97. The molecule has 0 aromatic heterocycles. The van der Waals surface area contributed by atoms with Crippen LogP contribution in [-0.2, 0) is 22.5 Å². The molecule has 0 fully saturated rings. The van der Waals surface area contributed by atoms with Gasteiger partial charge in [-0.3, -0.25) is 0 Å². The van der Waals surface area contributed by atoms with Crippen molar-refractivity contribution >= 4 is 12.1 Å². The molecule has 30 heavy (non-hydrogen) atoms. The molecule has 5 heteroatoms. The van der Waals surface area contributed by atoms with Crippen LogP contribution in [-0.4, -0.2) is 25.7 Å². The van der Waals surface area contributed by atoms with Crippen LogP contribution in [0.2, 0.25) is 0 Å². The Morgan fingerprint density at radius 3 is 2.30 bits per heavy atom. The fourth-order valence-electron chi connectivity index (χ4n) is 3.17. The first kappa shape index (κ1) is 21.1. The molecule has 0 atom stereocenters. The topological polar surface area (TPSA) is 64.6 Å². The molecule has 3 aromatic rings. The lowest BCUT2D eigenvalue weighted by Crippen LogP contribution is -2.26. The number of hydrogen-bond donors (Lipinski definition) is 1. The van der Waals surface area contributed by atoms with E-state index >= 15 is 0 Å². The van der Waals surface area contributed by atoms with Gasteiger partial charge in [0.2, 0.25) is 0 Å². The highest BCUT2D eigenvalue weighted by atomic mass is 16.5. The molecule has 0 saturated carbocycles. The largest absolute Gasteiger partial charge is 0.465 e. The van der Waals surface area contributed by atoms with Gasteiger partial charge in [0.15, 0.2) is 0 Å². The number of carbonyl (C=O) groups excluding carboxylic acids is 2. The second-order valence-corrected chi connectivity index (χ2v) is 6.96. The minimum absolute atomic E-state index is 0.259. The highest BCUT2D eigenvalue weighted by molar-refractivity contribution is 5.90. The van der Waals surface area contributed by atoms with Gasteiger partial charge in [-0.05, 0) is 53.3 Å². The minimum atomic E-state index is -0.420. The van der Waals surface area contributed by atoms with E-state index in [0.717, 1.165) is 27.8 Å². The zero-order valence-corrected chi connectivity index (χ0v) is 17.2. The van der Waals surface area contributed by atoms with Crippen molar-refractivity contribution in [3.8, 4) is 11.1 Å². The zero-order valence-electron chi connectivity index (χ0n) is 17.2. The minimum Gasteiger partial charge on any atom is -0.465 e.